The molecular formula is C13H19NO2S. The van der Waals surface area contributed by atoms with Gasteiger partial charge in [-0.3, -0.25) is 4.90 Å². The summed E-state index contributed by atoms with van der Waals surface area (Å²) in [5.74, 6) is 5.59. The largest absolute Gasteiger partial charge is 0.389 e. The predicted molar refractivity (Wildman–Crippen MR) is 70.9 cm³/mol. The van der Waals surface area contributed by atoms with Gasteiger partial charge in [-0.25, -0.2) is 0 Å². The van der Waals surface area contributed by atoms with E-state index in [9.17, 15) is 5.11 Å². The van der Waals surface area contributed by atoms with Gasteiger partial charge in [-0.2, -0.15) is 0 Å². The Morgan fingerprint density at radius 1 is 1.47 bits per heavy atom. The van der Waals surface area contributed by atoms with Crippen molar-refractivity contribution in [2.45, 2.75) is 26.0 Å². The second-order valence-electron chi connectivity index (χ2n) is 4.70. The SMILES string of the molecule is CN(Cc1sccc1C#CCO)CC(C)(C)O. The highest BCUT2D eigenvalue weighted by molar-refractivity contribution is 7.10. The normalized spacial score (nSPS) is 11.4. The molecular weight excluding hydrogens is 234 g/mol. The molecule has 0 aliphatic heterocycles. The predicted octanol–water partition coefficient (Wildman–Crippen LogP) is 1.29. The number of rotatable bonds is 4. The van der Waals surface area contributed by atoms with E-state index in [1.165, 1.54) is 0 Å². The Labute approximate surface area is 107 Å². The van der Waals surface area contributed by atoms with Crippen molar-refractivity contribution in [1.29, 1.82) is 0 Å². The molecule has 1 heterocycles. The van der Waals surface area contributed by atoms with Crippen LogP contribution >= 0.6 is 11.3 Å². The highest BCUT2D eigenvalue weighted by Gasteiger charge is 2.16. The molecule has 0 aliphatic carbocycles. The molecule has 1 rings (SSSR count). The molecule has 0 fully saturated rings. The first-order chi connectivity index (χ1) is 7.92. The zero-order chi connectivity index (χ0) is 12.9. The number of nitrogens with zero attached hydrogens (tertiary/aromatic N) is 1. The molecule has 0 saturated carbocycles. The van der Waals surface area contributed by atoms with Gasteiger partial charge in [0.25, 0.3) is 0 Å². The van der Waals surface area contributed by atoms with Crippen LogP contribution in [0.2, 0.25) is 0 Å². The van der Waals surface area contributed by atoms with Gasteiger partial charge in [0.15, 0.2) is 0 Å². The lowest BCUT2D eigenvalue weighted by molar-refractivity contribution is 0.0427. The molecule has 1 aromatic rings. The first-order valence-electron chi connectivity index (χ1n) is 5.49. The molecule has 0 saturated heterocycles. The Bertz CT molecular complexity index is 409. The van der Waals surface area contributed by atoms with Crippen LogP contribution in [-0.2, 0) is 6.54 Å². The van der Waals surface area contributed by atoms with Crippen LogP contribution in [0.3, 0.4) is 0 Å². The van der Waals surface area contributed by atoms with Gasteiger partial charge in [-0.05, 0) is 32.3 Å². The molecule has 0 aliphatic rings. The molecule has 4 heteroatoms. The van der Waals surface area contributed by atoms with Crippen LogP contribution in [-0.4, -0.2) is 40.9 Å². The van der Waals surface area contributed by atoms with Crippen LogP contribution in [0.15, 0.2) is 11.4 Å². The third-order valence-corrected chi connectivity index (χ3v) is 3.02. The minimum absolute atomic E-state index is 0.116. The Morgan fingerprint density at radius 2 is 2.18 bits per heavy atom. The monoisotopic (exact) mass is 253 g/mol. The fourth-order valence-corrected chi connectivity index (χ4v) is 2.58. The third-order valence-electron chi connectivity index (χ3n) is 2.12. The van der Waals surface area contributed by atoms with E-state index in [1.807, 2.05) is 18.5 Å². The van der Waals surface area contributed by atoms with Crippen molar-refractivity contribution in [3.05, 3.63) is 21.9 Å². The maximum Gasteiger partial charge on any atom is 0.104 e. The van der Waals surface area contributed by atoms with Crippen LogP contribution in [0.1, 0.15) is 24.3 Å². The average Bonchev–Trinajstić information content (AvgIpc) is 2.59. The van der Waals surface area contributed by atoms with Crippen LogP contribution < -0.4 is 0 Å². The van der Waals surface area contributed by atoms with Gasteiger partial charge < -0.3 is 10.2 Å². The molecule has 0 aromatic carbocycles. The fraction of sp³-hybridized carbons (Fsp3) is 0.538. The minimum atomic E-state index is -0.692. The summed E-state index contributed by atoms with van der Waals surface area (Å²) in [4.78, 5) is 3.23. The summed E-state index contributed by atoms with van der Waals surface area (Å²) in [5, 5.41) is 20.4. The van der Waals surface area contributed by atoms with Gasteiger partial charge in [-0.1, -0.05) is 11.8 Å². The molecule has 0 amide bonds. The number of hydrogen-bond acceptors (Lipinski definition) is 4. The van der Waals surface area contributed by atoms with Gasteiger partial charge in [0, 0.05) is 23.5 Å². The second kappa shape index (κ2) is 6.18. The molecule has 3 nitrogen and oxygen atoms in total. The van der Waals surface area contributed by atoms with Gasteiger partial charge in [0.2, 0.25) is 0 Å². The van der Waals surface area contributed by atoms with E-state index in [1.54, 1.807) is 25.2 Å². The number of aliphatic hydroxyl groups is 2. The summed E-state index contributed by atoms with van der Waals surface area (Å²) >= 11 is 1.65. The van der Waals surface area contributed by atoms with Crippen molar-refractivity contribution in [3.63, 3.8) is 0 Å². The van der Waals surface area contributed by atoms with E-state index in [0.717, 1.165) is 17.0 Å². The van der Waals surface area contributed by atoms with E-state index in [0.29, 0.717) is 6.54 Å². The highest BCUT2D eigenvalue weighted by Crippen LogP contribution is 2.18. The quantitative estimate of drug-likeness (QED) is 0.795. The van der Waals surface area contributed by atoms with Crippen LogP contribution in [0.5, 0.6) is 0 Å². The van der Waals surface area contributed by atoms with Crippen LogP contribution in [0.25, 0.3) is 0 Å². The van der Waals surface area contributed by atoms with Crippen molar-refractivity contribution in [2.24, 2.45) is 0 Å². The average molecular weight is 253 g/mol. The maximum absolute atomic E-state index is 9.73. The second-order valence-corrected chi connectivity index (χ2v) is 5.70. The highest BCUT2D eigenvalue weighted by atomic mass is 32.1. The lowest BCUT2D eigenvalue weighted by Crippen LogP contribution is -2.35. The van der Waals surface area contributed by atoms with Gasteiger partial charge in [-0.15, -0.1) is 11.3 Å². The van der Waals surface area contributed by atoms with E-state index in [-0.39, 0.29) is 6.61 Å². The summed E-state index contributed by atoms with van der Waals surface area (Å²) < 4.78 is 0. The summed E-state index contributed by atoms with van der Waals surface area (Å²) in [6.45, 7) is 4.85. The lowest BCUT2D eigenvalue weighted by Gasteiger charge is -2.25. The summed E-state index contributed by atoms with van der Waals surface area (Å²) in [6, 6.07) is 1.96. The lowest BCUT2D eigenvalue weighted by atomic mass is 10.1. The Balaban J connectivity index is 2.65. The first kappa shape index (κ1) is 14.2. The van der Waals surface area contributed by atoms with Gasteiger partial charge >= 0.3 is 0 Å². The number of thiophene rings is 1. The molecule has 0 spiro atoms. The standard InChI is InChI=1S/C13H19NO2S/c1-13(2,16)10-14(3)9-12-11(5-4-7-15)6-8-17-12/h6,8,15-16H,7,9-10H2,1-3H3. The molecule has 17 heavy (non-hydrogen) atoms. The Morgan fingerprint density at radius 3 is 2.76 bits per heavy atom. The smallest absolute Gasteiger partial charge is 0.104 e. The number of likely N-dealkylation sites (N-methyl/N-ethyl adjacent to an activating group) is 1. The molecule has 2 N–H and O–H groups in total. The minimum Gasteiger partial charge on any atom is -0.389 e. The molecule has 0 bridgehead atoms. The number of hydrogen-bond donors (Lipinski definition) is 2. The summed E-state index contributed by atoms with van der Waals surface area (Å²) in [6.07, 6.45) is 0. The van der Waals surface area contributed by atoms with E-state index >= 15 is 0 Å². The van der Waals surface area contributed by atoms with Gasteiger partial charge in [0.1, 0.15) is 6.61 Å². The van der Waals surface area contributed by atoms with Crippen molar-refractivity contribution < 1.29 is 10.2 Å². The van der Waals surface area contributed by atoms with Crippen LogP contribution in [0.4, 0.5) is 0 Å². The fourth-order valence-electron chi connectivity index (χ4n) is 1.67. The summed E-state index contributed by atoms with van der Waals surface area (Å²) in [5.41, 5.74) is 0.273. The van der Waals surface area contributed by atoms with Crippen molar-refractivity contribution in [3.8, 4) is 11.8 Å². The Kier molecular flexibility index (Phi) is 5.16. The molecule has 1 aromatic heterocycles. The first-order valence-corrected chi connectivity index (χ1v) is 6.37. The van der Waals surface area contributed by atoms with E-state index in [4.69, 9.17) is 5.11 Å². The zero-order valence-corrected chi connectivity index (χ0v) is 11.3. The summed E-state index contributed by atoms with van der Waals surface area (Å²) in [7, 11) is 1.97. The van der Waals surface area contributed by atoms with Crippen molar-refractivity contribution in [1.82, 2.24) is 4.90 Å². The zero-order valence-electron chi connectivity index (χ0n) is 10.5. The van der Waals surface area contributed by atoms with Crippen molar-refractivity contribution >= 4 is 11.3 Å². The molecule has 0 radical (unpaired) electrons. The van der Waals surface area contributed by atoms with Crippen LogP contribution in [0, 0.1) is 11.8 Å². The molecule has 0 atom stereocenters. The van der Waals surface area contributed by atoms with Gasteiger partial charge in [0.05, 0.1) is 5.60 Å². The van der Waals surface area contributed by atoms with Crippen molar-refractivity contribution in [2.75, 3.05) is 20.2 Å². The maximum atomic E-state index is 9.73. The van der Waals surface area contributed by atoms with E-state index < -0.39 is 5.60 Å². The number of aliphatic hydroxyl groups excluding tert-OH is 1. The topological polar surface area (TPSA) is 43.7 Å². The molecule has 94 valence electrons. The van der Waals surface area contributed by atoms with E-state index in [2.05, 4.69) is 16.7 Å². The molecule has 0 unspecified atom stereocenters. The third kappa shape index (κ3) is 5.33. The Hall–Kier alpha value is -0.860.